The summed E-state index contributed by atoms with van der Waals surface area (Å²) < 4.78 is 5.16. The van der Waals surface area contributed by atoms with E-state index in [-0.39, 0.29) is 29.9 Å². The van der Waals surface area contributed by atoms with Crippen molar-refractivity contribution in [2.45, 2.75) is 33.7 Å². The largest absolute Gasteiger partial charge is 0.459 e. The molecule has 0 bridgehead atoms. The molecule has 2 aromatic rings. The predicted octanol–water partition coefficient (Wildman–Crippen LogP) is 2.76. The van der Waals surface area contributed by atoms with Crippen LogP contribution in [0.4, 0.5) is 0 Å². The number of thiazole rings is 1. The van der Waals surface area contributed by atoms with E-state index in [0.29, 0.717) is 25.4 Å². The quantitative estimate of drug-likeness (QED) is 0.240. The molecule has 0 unspecified atom stereocenters. The molecule has 1 amide bonds. The summed E-state index contributed by atoms with van der Waals surface area (Å²) in [6, 6.07) is 1.78. The molecule has 0 aliphatic carbocycles. The van der Waals surface area contributed by atoms with Crippen LogP contribution >= 0.6 is 35.3 Å². The number of aryl methyl sites for hydroxylation is 3. The number of aliphatic imine (C=N–C) groups is 1. The number of carbonyl (C=O) groups excluding carboxylic acids is 1. The molecular formula is C17H26IN5O2S. The molecule has 26 heavy (non-hydrogen) atoms. The molecule has 0 aliphatic rings. The summed E-state index contributed by atoms with van der Waals surface area (Å²) in [5.41, 5.74) is 1.90. The van der Waals surface area contributed by atoms with Gasteiger partial charge in [0.2, 0.25) is 0 Å². The lowest BCUT2D eigenvalue weighted by atomic mass is 10.2. The van der Waals surface area contributed by atoms with Gasteiger partial charge in [-0.05, 0) is 33.3 Å². The Labute approximate surface area is 175 Å². The van der Waals surface area contributed by atoms with Crippen molar-refractivity contribution in [3.63, 3.8) is 0 Å². The topological polar surface area (TPSA) is 91.5 Å². The molecule has 0 saturated carbocycles. The zero-order chi connectivity index (χ0) is 18.2. The number of furan rings is 1. The number of nitrogens with zero attached hydrogens (tertiary/aromatic N) is 2. The maximum Gasteiger partial charge on any atom is 0.287 e. The normalized spacial score (nSPS) is 11.0. The summed E-state index contributed by atoms with van der Waals surface area (Å²) in [6.45, 7) is 7.84. The Kier molecular flexibility index (Phi) is 9.63. The van der Waals surface area contributed by atoms with Crippen molar-refractivity contribution in [3.05, 3.63) is 39.2 Å². The van der Waals surface area contributed by atoms with E-state index in [1.807, 2.05) is 20.8 Å². The standard InChI is InChI=1S/C17H25N5O2S.HI/c1-11-6-9-24-15(11)16(23)19-7-5-8-20-17(18-4)21-10-14-12(2)22-13(3)25-14;/h6,9H,5,7-8,10H2,1-4H3,(H,19,23)(H2,18,20,21);1H. The maximum absolute atomic E-state index is 11.9. The highest BCUT2D eigenvalue weighted by molar-refractivity contribution is 14.0. The average Bonchev–Trinajstić information content (AvgIpc) is 3.14. The Hall–Kier alpha value is -1.62. The Morgan fingerprint density at radius 3 is 2.54 bits per heavy atom. The lowest BCUT2D eigenvalue weighted by Crippen LogP contribution is -2.38. The second kappa shape index (κ2) is 11.2. The number of hydrogen-bond acceptors (Lipinski definition) is 5. The number of nitrogens with one attached hydrogen (secondary N) is 3. The summed E-state index contributed by atoms with van der Waals surface area (Å²) in [5.74, 6) is 0.931. The van der Waals surface area contributed by atoms with E-state index in [9.17, 15) is 4.79 Å². The zero-order valence-corrected chi connectivity index (χ0v) is 18.7. The molecule has 0 saturated heterocycles. The highest BCUT2D eigenvalue weighted by Gasteiger charge is 2.11. The van der Waals surface area contributed by atoms with E-state index in [1.54, 1.807) is 24.5 Å². The first-order valence-electron chi connectivity index (χ1n) is 8.21. The van der Waals surface area contributed by atoms with Crippen LogP contribution in [0.15, 0.2) is 21.7 Å². The van der Waals surface area contributed by atoms with E-state index in [4.69, 9.17) is 4.42 Å². The summed E-state index contributed by atoms with van der Waals surface area (Å²) >= 11 is 1.69. The number of aromatic nitrogens is 1. The van der Waals surface area contributed by atoms with Crippen molar-refractivity contribution in [3.8, 4) is 0 Å². The van der Waals surface area contributed by atoms with Gasteiger partial charge in [0.1, 0.15) is 0 Å². The molecule has 0 atom stereocenters. The average molecular weight is 491 g/mol. The van der Waals surface area contributed by atoms with Crippen molar-refractivity contribution in [2.75, 3.05) is 20.1 Å². The summed E-state index contributed by atoms with van der Waals surface area (Å²) in [4.78, 5) is 21.7. The molecule has 144 valence electrons. The summed E-state index contributed by atoms with van der Waals surface area (Å²) in [6.07, 6.45) is 2.30. The molecule has 3 N–H and O–H groups in total. The molecule has 2 rings (SSSR count). The first-order valence-corrected chi connectivity index (χ1v) is 9.02. The minimum Gasteiger partial charge on any atom is -0.459 e. The van der Waals surface area contributed by atoms with Gasteiger partial charge in [-0.2, -0.15) is 0 Å². The minimum absolute atomic E-state index is 0. The van der Waals surface area contributed by atoms with E-state index in [0.717, 1.165) is 28.6 Å². The van der Waals surface area contributed by atoms with Crippen molar-refractivity contribution < 1.29 is 9.21 Å². The molecule has 9 heteroatoms. The van der Waals surface area contributed by atoms with Gasteiger partial charge in [-0.15, -0.1) is 35.3 Å². The molecule has 2 aromatic heterocycles. The van der Waals surface area contributed by atoms with Gasteiger partial charge in [0, 0.05) is 30.6 Å². The number of carbonyl (C=O) groups is 1. The van der Waals surface area contributed by atoms with Crippen molar-refractivity contribution in [2.24, 2.45) is 4.99 Å². The predicted molar refractivity (Wildman–Crippen MR) is 116 cm³/mol. The summed E-state index contributed by atoms with van der Waals surface area (Å²) in [7, 11) is 1.74. The fourth-order valence-electron chi connectivity index (χ4n) is 2.30. The first kappa shape index (κ1) is 22.4. The van der Waals surface area contributed by atoms with Gasteiger partial charge in [-0.1, -0.05) is 0 Å². The van der Waals surface area contributed by atoms with Crippen LogP contribution in [0.2, 0.25) is 0 Å². The second-order valence-electron chi connectivity index (χ2n) is 5.64. The molecule has 0 fully saturated rings. The Morgan fingerprint density at radius 1 is 1.23 bits per heavy atom. The van der Waals surface area contributed by atoms with Crippen molar-refractivity contribution in [1.82, 2.24) is 20.9 Å². The molecule has 0 aliphatic heterocycles. The number of halogens is 1. The lowest BCUT2D eigenvalue weighted by molar-refractivity contribution is 0.0925. The van der Waals surface area contributed by atoms with Gasteiger partial charge in [-0.25, -0.2) is 4.98 Å². The van der Waals surface area contributed by atoms with Gasteiger partial charge in [-0.3, -0.25) is 9.79 Å². The van der Waals surface area contributed by atoms with E-state index in [1.165, 1.54) is 11.1 Å². The third-order valence-corrected chi connectivity index (χ3v) is 4.71. The molecule has 2 heterocycles. The number of guanidine groups is 1. The third kappa shape index (κ3) is 6.60. The zero-order valence-electron chi connectivity index (χ0n) is 15.5. The Balaban J connectivity index is 0.00000338. The van der Waals surface area contributed by atoms with Gasteiger partial charge in [0.15, 0.2) is 11.7 Å². The van der Waals surface area contributed by atoms with Crippen LogP contribution in [0.1, 0.15) is 38.1 Å². The second-order valence-corrected chi connectivity index (χ2v) is 6.92. The van der Waals surface area contributed by atoms with Gasteiger partial charge < -0.3 is 20.4 Å². The van der Waals surface area contributed by atoms with Gasteiger partial charge in [0.05, 0.1) is 23.5 Å². The fraction of sp³-hybridized carbons (Fsp3) is 0.471. The Bertz CT molecular complexity index is 741. The van der Waals surface area contributed by atoms with Crippen LogP contribution in [0.25, 0.3) is 0 Å². The first-order chi connectivity index (χ1) is 12.0. The number of amides is 1. The van der Waals surface area contributed by atoms with E-state index in [2.05, 4.69) is 25.9 Å². The monoisotopic (exact) mass is 491 g/mol. The maximum atomic E-state index is 11.9. The van der Waals surface area contributed by atoms with Crippen LogP contribution < -0.4 is 16.0 Å². The lowest BCUT2D eigenvalue weighted by Gasteiger charge is -2.11. The number of hydrogen-bond donors (Lipinski definition) is 3. The van der Waals surface area contributed by atoms with Crippen LogP contribution in [0, 0.1) is 20.8 Å². The number of rotatable bonds is 7. The Morgan fingerprint density at radius 2 is 1.96 bits per heavy atom. The van der Waals surface area contributed by atoms with Crippen molar-refractivity contribution in [1.29, 1.82) is 0 Å². The van der Waals surface area contributed by atoms with Crippen LogP contribution in [-0.2, 0) is 6.54 Å². The van der Waals surface area contributed by atoms with E-state index >= 15 is 0 Å². The van der Waals surface area contributed by atoms with Crippen LogP contribution in [-0.4, -0.2) is 37.0 Å². The van der Waals surface area contributed by atoms with Crippen molar-refractivity contribution >= 4 is 47.2 Å². The molecule has 0 spiro atoms. The molecular weight excluding hydrogens is 465 g/mol. The van der Waals surface area contributed by atoms with Crippen LogP contribution in [0.5, 0.6) is 0 Å². The summed E-state index contributed by atoms with van der Waals surface area (Å²) in [5, 5.41) is 10.4. The highest BCUT2D eigenvalue weighted by Crippen LogP contribution is 2.16. The van der Waals surface area contributed by atoms with Gasteiger partial charge in [0.25, 0.3) is 5.91 Å². The molecule has 7 nitrogen and oxygen atoms in total. The molecule has 0 aromatic carbocycles. The van der Waals surface area contributed by atoms with Gasteiger partial charge >= 0.3 is 0 Å². The van der Waals surface area contributed by atoms with Crippen LogP contribution in [0.3, 0.4) is 0 Å². The highest BCUT2D eigenvalue weighted by atomic mass is 127. The SMILES string of the molecule is CN=C(NCCCNC(=O)c1occc1C)NCc1sc(C)nc1C.I. The smallest absolute Gasteiger partial charge is 0.287 e. The fourth-order valence-corrected chi connectivity index (χ4v) is 3.18. The minimum atomic E-state index is -0.180. The molecule has 0 radical (unpaired) electrons. The van der Waals surface area contributed by atoms with E-state index < -0.39 is 0 Å². The third-order valence-electron chi connectivity index (χ3n) is 3.64.